The van der Waals surface area contributed by atoms with Crippen LogP contribution in [0.2, 0.25) is 10.0 Å². The first-order valence-corrected chi connectivity index (χ1v) is 17.9. The highest BCUT2D eigenvalue weighted by Crippen LogP contribution is 2.47. The molecule has 1 aromatic heterocycles. The number of anilines is 2. The normalized spacial score (nSPS) is 15.2. The van der Waals surface area contributed by atoms with Crippen LogP contribution in [0.15, 0.2) is 42.2 Å². The van der Waals surface area contributed by atoms with Gasteiger partial charge < -0.3 is 18.9 Å². The predicted molar refractivity (Wildman–Crippen MR) is 165 cm³/mol. The number of allylic oxidation sites excluding steroid dienone is 2. The van der Waals surface area contributed by atoms with Gasteiger partial charge in [0.25, 0.3) is 5.82 Å². The zero-order chi connectivity index (χ0) is 34.2. The van der Waals surface area contributed by atoms with Crippen molar-refractivity contribution in [2.24, 2.45) is 0 Å². The molecule has 252 valence electrons. The molecule has 3 aromatic rings. The van der Waals surface area contributed by atoms with Gasteiger partial charge in [0, 0.05) is 42.8 Å². The summed E-state index contributed by atoms with van der Waals surface area (Å²) in [5.74, 6) is -1.25. The summed E-state index contributed by atoms with van der Waals surface area (Å²) in [6.07, 6.45) is -0.232. The maximum atomic E-state index is 14.5. The van der Waals surface area contributed by atoms with E-state index in [1.165, 1.54) is 23.1 Å². The van der Waals surface area contributed by atoms with Crippen LogP contribution in [-0.4, -0.2) is 55.1 Å². The molecule has 46 heavy (non-hydrogen) atoms. The number of hydrogen-bond donors (Lipinski definition) is 0. The molecule has 0 amide bonds. The van der Waals surface area contributed by atoms with Crippen molar-refractivity contribution in [2.75, 3.05) is 34.4 Å². The maximum Gasteiger partial charge on any atom is 0.417 e. The first-order chi connectivity index (χ1) is 21.4. The quantitative estimate of drug-likeness (QED) is 0.136. The van der Waals surface area contributed by atoms with Gasteiger partial charge in [0.15, 0.2) is 11.0 Å². The number of halogens is 6. The molecule has 18 heteroatoms. The van der Waals surface area contributed by atoms with Gasteiger partial charge in [-0.05, 0) is 44.9 Å². The van der Waals surface area contributed by atoms with Crippen molar-refractivity contribution in [1.82, 2.24) is 4.57 Å². The van der Waals surface area contributed by atoms with Gasteiger partial charge >= 0.3 is 6.18 Å². The number of benzene rings is 2. The van der Waals surface area contributed by atoms with E-state index in [1.54, 1.807) is 39.2 Å². The van der Waals surface area contributed by atoms with Crippen molar-refractivity contribution >= 4 is 71.9 Å². The second kappa shape index (κ2) is 13.7. The van der Waals surface area contributed by atoms with Crippen LogP contribution in [0.3, 0.4) is 0 Å². The number of imidazole rings is 1. The van der Waals surface area contributed by atoms with Crippen LogP contribution in [0.5, 0.6) is 0 Å². The van der Waals surface area contributed by atoms with E-state index in [0.29, 0.717) is 34.9 Å². The molecule has 0 saturated heterocycles. The molecule has 4 rings (SSSR count). The number of nitrogens with zero attached hydrogens (tertiary/aromatic N) is 4. The second-order valence-corrected chi connectivity index (χ2v) is 14.2. The highest BCUT2D eigenvalue weighted by Gasteiger charge is 2.38. The monoisotopic (exact) mass is 727 g/mol. The van der Waals surface area contributed by atoms with Crippen molar-refractivity contribution in [2.45, 2.75) is 46.0 Å². The van der Waals surface area contributed by atoms with Crippen LogP contribution >= 0.6 is 23.2 Å². The highest BCUT2D eigenvalue weighted by atomic mass is 35.5. The Morgan fingerprint density at radius 3 is 2.11 bits per heavy atom. The minimum atomic E-state index is -4.77. The van der Waals surface area contributed by atoms with E-state index in [2.05, 4.69) is 0 Å². The van der Waals surface area contributed by atoms with Crippen molar-refractivity contribution in [3.05, 3.63) is 69.5 Å². The topological polar surface area (TPSA) is 130 Å². The third kappa shape index (κ3) is 7.97. The number of aromatic nitrogens is 2. The smallest absolute Gasteiger partial charge is 0.417 e. The summed E-state index contributed by atoms with van der Waals surface area (Å²) in [7, 11) is -9.11. The predicted octanol–water partition coefficient (Wildman–Crippen LogP) is 5.49. The molecule has 2 heterocycles. The van der Waals surface area contributed by atoms with E-state index in [0.717, 1.165) is 6.07 Å². The molecule has 0 radical (unpaired) electrons. The molecule has 10 nitrogen and oxygen atoms in total. The zero-order valence-corrected chi connectivity index (χ0v) is 27.7. The lowest BCUT2D eigenvalue weighted by molar-refractivity contribution is -0.673. The number of fused-ring (bicyclic) bond motifs is 2. The zero-order valence-electron chi connectivity index (χ0n) is 24.5. The molecule has 0 bridgehead atoms. The Bertz CT molecular complexity index is 1930. The van der Waals surface area contributed by atoms with Crippen LogP contribution in [0, 0.1) is 5.82 Å². The summed E-state index contributed by atoms with van der Waals surface area (Å²) >= 11 is 12.1. The average molecular weight is 729 g/mol. The molecular formula is C28H29Cl2F4N4O6S2-. The minimum Gasteiger partial charge on any atom is -0.748 e. The minimum absolute atomic E-state index is 0.0311. The van der Waals surface area contributed by atoms with E-state index in [4.69, 9.17) is 23.2 Å². The van der Waals surface area contributed by atoms with E-state index in [1.807, 2.05) is 6.92 Å². The third-order valence-corrected chi connectivity index (χ3v) is 9.51. The molecular weight excluding hydrogens is 699 g/mol. The number of alkyl halides is 3. The molecule has 0 spiro atoms. The maximum absolute atomic E-state index is 14.5. The number of rotatable bonds is 12. The Morgan fingerprint density at radius 1 is 0.891 bits per heavy atom. The third-order valence-electron chi connectivity index (χ3n) is 7.33. The van der Waals surface area contributed by atoms with Crippen LogP contribution in [0.4, 0.5) is 28.9 Å². The molecule has 0 aliphatic carbocycles. The average Bonchev–Trinajstić information content (AvgIpc) is 3.36. The summed E-state index contributed by atoms with van der Waals surface area (Å²) in [4.78, 5) is 3.15. The van der Waals surface area contributed by atoms with Gasteiger partial charge in [0.1, 0.15) is 11.6 Å². The number of aryl methyl sites for hydroxylation is 2. The summed E-state index contributed by atoms with van der Waals surface area (Å²) in [6, 6.07) is 4.68. The Balaban J connectivity index is 1.84. The van der Waals surface area contributed by atoms with Crippen LogP contribution in [-0.2, 0) is 39.5 Å². The van der Waals surface area contributed by atoms with Gasteiger partial charge in [-0.2, -0.15) is 13.2 Å². The molecule has 1 aliphatic heterocycles. The van der Waals surface area contributed by atoms with E-state index < -0.39 is 54.3 Å². The molecule has 1 aliphatic rings. The van der Waals surface area contributed by atoms with E-state index in [9.17, 15) is 43.5 Å². The lowest BCUT2D eigenvalue weighted by atomic mass is 10.1. The lowest BCUT2D eigenvalue weighted by Crippen LogP contribution is -2.37. The standard InChI is InChI=1S/C28H30Cl2F4N4O6S2/c1-3-35-23-15-19(29)18(28(32,33)34)14-22(23)37(10-6-12-45(39,40)41)26(35)8-5-9-27-36(4-2)24-16-20(30)21(31)17-25(24)38(27)11-7-13-46(42,43)44/h5,8-9,14-17H,3-4,6-7,10-13H2,1-2H3,(H-,39,40,41,42,43,44)/p-1. The Morgan fingerprint density at radius 2 is 1.52 bits per heavy atom. The molecule has 2 aromatic carbocycles. The van der Waals surface area contributed by atoms with Gasteiger partial charge in [0.05, 0.1) is 60.3 Å². The second-order valence-electron chi connectivity index (χ2n) is 10.3. The molecule has 0 fully saturated rings. The Kier molecular flexibility index (Phi) is 10.7. The van der Waals surface area contributed by atoms with Gasteiger partial charge in [-0.15, -0.1) is 0 Å². The Labute approximate surface area is 273 Å². The summed E-state index contributed by atoms with van der Waals surface area (Å²) in [5, 5.41) is -0.662. The summed E-state index contributed by atoms with van der Waals surface area (Å²) in [5.41, 5.74) is 0.290. The van der Waals surface area contributed by atoms with Gasteiger partial charge in [-0.3, -0.25) is 0 Å². The van der Waals surface area contributed by atoms with Crippen molar-refractivity contribution in [1.29, 1.82) is 0 Å². The lowest BCUT2D eigenvalue weighted by Gasteiger charge is -2.24. The fourth-order valence-electron chi connectivity index (χ4n) is 5.46. The van der Waals surface area contributed by atoms with E-state index in [-0.39, 0.29) is 43.2 Å². The van der Waals surface area contributed by atoms with Crippen molar-refractivity contribution in [3.8, 4) is 0 Å². The number of hydrogen-bond acceptors (Lipinski definition) is 8. The molecule has 0 atom stereocenters. The summed E-state index contributed by atoms with van der Waals surface area (Å²) < 4.78 is 127. The van der Waals surface area contributed by atoms with Gasteiger partial charge in [-0.1, -0.05) is 29.3 Å². The highest BCUT2D eigenvalue weighted by molar-refractivity contribution is 7.85. The van der Waals surface area contributed by atoms with E-state index >= 15 is 0 Å². The van der Waals surface area contributed by atoms with Gasteiger partial charge in [0.2, 0.25) is 0 Å². The SMILES string of the molecule is CCN1/C(=C\C=C\c2n(CC)c3cc(Cl)c(F)cc3[n+]2CCCS(=O)(=O)[O-])N(CCCS(=O)(=O)[O-])c2cc(C(F)(F)F)c(Cl)cc21. The summed E-state index contributed by atoms with van der Waals surface area (Å²) in [6.45, 7) is 4.15. The van der Waals surface area contributed by atoms with Crippen LogP contribution in [0.1, 0.15) is 38.1 Å². The van der Waals surface area contributed by atoms with Gasteiger partial charge in [-0.25, -0.2) is 30.4 Å². The fourth-order valence-corrected chi connectivity index (χ4v) is 6.85. The molecule has 0 saturated carbocycles. The van der Waals surface area contributed by atoms with Crippen LogP contribution in [0.25, 0.3) is 17.1 Å². The fraction of sp³-hybridized carbons (Fsp3) is 0.393. The first kappa shape index (κ1) is 36.0. The molecule has 0 N–H and O–H groups in total. The van der Waals surface area contributed by atoms with Crippen LogP contribution < -0.4 is 14.4 Å². The first-order valence-electron chi connectivity index (χ1n) is 14.0. The largest absolute Gasteiger partial charge is 0.748 e. The Hall–Kier alpha value is -2.89. The molecule has 0 unspecified atom stereocenters. The van der Waals surface area contributed by atoms with Crippen molar-refractivity contribution < 1.29 is 48.1 Å². The van der Waals surface area contributed by atoms with Crippen molar-refractivity contribution in [3.63, 3.8) is 0 Å².